The van der Waals surface area contributed by atoms with Crippen molar-refractivity contribution in [1.29, 1.82) is 0 Å². The first kappa shape index (κ1) is 15.0. The van der Waals surface area contributed by atoms with Gasteiger partial charge in [0, 0.05) is 24.5 Å². The van der Waals surface area contributed by atoms with Crippen molar-refractivity contribution >= 4 is 5.78 Å². The fourth-order valence-corrected chi connectivity index (χ4v) is 2.27. The van der Waals surface area contributed by atoms with Crippen LogP contribution in [0.15, 0.2) is 41.4 Å². The highest BCUT2D eigenvalue weighted by molar-refractivity contribution is 5.96. The van der Waals surface area contributed by atoms with Gasteiger partial charge in [0.05, 0.1) is 12.9 Å². The molecule has 3 N–H and O–H groups in total. The molecular formula is C16H18O5. The number of aliphatic hydroxyl groups is 2. The van der Waals surface area contributed by atoms with Crippen molar-refractivity contribution < 1.29 is 24.9 Å². The first-order valence-electron chi connectivity index (χ1n) is 6.72. The summed E-state index contributed by atoms with van der Waals surface area (Å²) < 4.78 is 5.02. The molecule has 0 saturated heterocycles. The van der Waals surface area contributed by atoms with E-state index in [4.69, 9.17) is 4.74 Å². The van der Waals surface area contributed by atoms with Crippen LogP contribution in [-0.4, -0.2) is 28.2 Å². The third kappa shape index (κ3) is 3.56. The predicted octanol–water partition coefficient (Wildman–Crippen LogP) is 2.95. The minimum Gasteiger partial charge on any atom is -0.512 e. The van der Waals surface area contributed by atoms with Gasteiger partial charge in [-0.3, -0.25) is 4.79 Å². The van der Waals surface area contributed by atoms with Gasteiger partial charge in [-0.2, -0.15) is 0 Å². The first-order valence-corrected chi connectivity index (χ1v) is 6.72. The van der Waals surface area contributed by atoms with Crippen LogP contribution in [-0.2, 0) is 11.2 Å². The number of carbonyl (C=O) groups is 1. The highest BCUT2D eigenvalue weighted by atomic mass is 16.5. The second-order valence-electron chi connectivity index (χ2n) is 4.93. The molecule has 1 aliphatic carbocycles. The summed E-state index contributed by atoms with van der Waals surface area (Å²) in [6, 6.07) is 4.94. The predicted molar refractivity (Wildman–Crippen MR) is 77.6 cm³/mol. The van der Waals surface area contributed by atoms with Gasteiger partial charge in [0.1, 0.15) is 5.76 Å². The van der Waals surface area contributed by atoms with Gasteiger partial charge in [0.2, 0.25) is 0 Å². The molecule has 5 heteroatoms. The van der Waals surface area contributed by atoms with Gasteiger partial charge in [-0.25, -0.2) is 0 Å². The molecule has 0 bridgehead atoms. The number of benzene rings is 1. The number of ketones is 1. The lowest BCUT2D eigenvalue weighted by atomic mass is 9.95. The lowest BCUT2D eigenvalue weighted by Crippen LogP contribution is -2.10. The van der Waals surface area contributed by atoms with Crippen LogP contribution >= 0.6 is 0 Å². The van der Waals surface area contributed by atoms with Crippen molar-refractivity contribution in [2.24, 2.45) is 0 Å². The van der Waals surface area contributed by atoms with Crippen LogP contribution in [0.2, 0.25) is 0 Å². The Morgan fingerprint density at radius 1 is 1.24 bits per heavy atom. The number of aryl methyl sites for hydroxylation is 1. The molecule has 5 nitrogen and oxygen atoms in total. The van der Waals surface area contributed by atoms with Crippen LogP contribution in [0.3, 0.4) is 0 Å². The molecule has 0 spiro atoms. The summed E-state index contributed by atoms with van der Waals surface area (Å²) in [4.78, 5) is 12.1. The van der Waals surface area contributed by atoms with Crippen molar-refractivity contribution in [1.82, 2.24) is 0 Å². The number of phenols is 1. The molecule has 1 aromatic rings. The molecule has 0 aliphatic heterocycles. The molecule has 0 fully saturated rings. The molecule has 21 heavy (non-hydrogen) atoms. The van der Waals surface area contributed by atoms with Crippen molar-refractivity contribution in [2.45, 2.75) is 25.7 Å². The van der Waals surface area contributed by atoms with E-state index in [1.807, 2.05) is 0 Å². The fourth-order valence-electron chi connectivity index (χ4n) is 2.27. The summed E-state index contributed by atoms with van der Waals surface area (Å²) in [5.41, 5.74) is 1.23. The maximum absolute atomic E-state index is 12.1. The minimum absolute atomic E-state index is 0.0563. The van der Waals surface area contributed by atoms with Crippen LogP contribution in [0.1, 0.15) is 24.8 Å². The van der Waals surface area contributed by atoms with E-state index in [9.17, 15) is 20.1 Å². The topological polar surface area (TPSA) is 87.0 Å². The quantitative estimate of drug-likeness (QED) is 0.776. The van der Waals surface area contributed by atoms with E-state index in [1.165, 1.54) is 19.3 Å². The monoisotopic (exact) mass is 290 g/mol. The summed E-state index contributed by atoms with van der Waals surface area (Å²) in [7, 11) is 1.47. The van der Waals surface area contributed by atoms with Gasteiger partial charge >= 0.3 is 0 Å². The Labute approximate surface area is 122 Å². The Morgan fingerprint density at radius 2 is 2.00 bits per heavy atom. The molecule has 0 atom stereocenters. The Kier molecular flexibility index (Phi) is 4.52. The van der Waals surface area contributed by atoms with Crippen molar-refractivity contribution in [3.63, 3.8) is 0 Å². The number of aromatic hydroxyl groups is 1. The first-order chi connectivity index (χ1) is 10.0. The van der Waals surface area contributed by atoms with Crippen molar-refractivity contribution in [3.8, 4) is 11.5 Å². The van der Waals surface area contributed by atoms with E-state index >= 15 is 0 Å². The molecule has 0 radical (unpaired) electrons. The molecule has 0 saturated carbocycles. The number of rotatable bonds is 5. The maximum atomic E-state index is 12.1. The zero-order chi connectivity index (χ0) is 15.4. The molecule has 0 unspecified atom stereocenters. The number of hydrogen-bond acceptors (Lipinski definition) is 5. The molecule has 0 heterocycles. The lowest BCUT2D eigenvalue weighted by molar-refractivity contribution is -0.115. The zero-order valence-electron chi connectivity index (χ0n) is 11.8. The third-order valence-corrected chi connectivity index (χ3v) is 3.47. The summed E-state index contributed by atoms with van der Waals surface area (Å²) in [6.45, 7) is 0. The van der Waals surface area contributed by atoms with E-state index in [0.29, 0.717) is 30.6 Å². The fraction of sp³-hybridized carbons (Fsp3) is 0.312. The van der Waals surface area contributed by atoms with Crippen LogP contribution in [0, 0.1) is 0 Å². The number of phenolic OH excluding ortho intramolecular Hbond substituents is 1. The smallest absolute Gasteiger partial charge is 0.162 e. The molecule has 1 aliphatic rings. The average Bonchev–Trinajstić information content (AvgIpc) is 2.46. The van der Waals surface area contributed by atoms with Crippen LogP contribution < -0.4 is 4.74 Å². The minimum atomic E-state index is -0.146. The second-order valence-corrected chi connectivity index (χ2v) is 4.93. The maximum Gasteiger partial charge on any atom is 0.162 e. The second kappa shape index (κ2) is 6.35. The van der Waals surface area contributed by atoms with Crippen molar-refractivity contribution in [3.05, 3.63) is 46.9 Å². The van der Waals surface area contributed by atoms with E-state index in [-0.39, 0.29) is 29.5 Å². The number of methoxy groups -OCH3 is 1. The van der Waals surface area contributed by atoms with Gasteiger partial charge < -0.3 is 20.1 Å². The number of Topliss-reactive ketones (excluding diaryl/α,β-unsaturated/α-hetero) is 1. The normalized spacial score (nSPS) is 14.8. The number of aliphatic hydroxyl groups excluding tert-OH is 2. The Bertz CT molecular complexity index is 613. The largest absolute Gasteiger partial charge is 0.512 e. The SMILES string of the molecule is COc1cc(CCC(=O)C2=C(O)C=C(O)CC2)ccc1O. The highest BCUT2D eigenvalue weighted by Crippen LogP contribution is 2.27. The molecule has 1 aromatic carbocycles. The van der Waals surface area contributed by atoms with E-state index < -0.39 is 0 Å². The number of ether oxygens (including phenoxy) is 1. The van der Waals surface area contributed by atoms with Crippen LogP contribution in [0.4, 0.5) is 0 Å². The van der Waals surface area contributed by atoms with Gasteiger partial charge in [-0.05, 0) is 30.5 Å². The van der Waals surface area contributed by atoms with E-state index in [0.717, 1.165) is 5.56 Å². The van der Waals surface area contributed by atoms with Crippen LogP contribution in [0.5, 0.6) is 11.5 Å². The molecule has 0 amide bonds. The highest BCUT2D eigenvalue weighted by Gasteiger charge is 2.19. The Hall–Kier alpha value is -2.43. The van der Waals surface area contributed by atoms with Gasteiger partial charge in [0.25, 0.3) is 0 Å². The van der Waals surface area contributed by atoms with E-state index in [1.54, 1.807) is 12.1 Å². The average molecular weight is 290 g/mol. The summed E-state index contributed by atoms with van der Waals surface area (Å²) in [5, 5.41) is 28.5. The summed E-state index contributed by atoms with van der Waals surface area (Å²) in [6.07, 6.45) is 2.69. The summed E-state index contributed by atoms with van der Waals surface area (Å²) >= 11 is 0. The van der Waals surface area contributed by atoms with Gasteiger partial charge in [-0.15, -0.1) is 0 Å². The number of allylic oxidation sites excluding steroid dienone is 3. The standard InChI is InChI=1S/C16H18O5/c1-21-16-8-10(3-7-14(16)19)2-6-13(18)12-5-4-11(17)9-15(12)20/h3,7-9,17,19-20H,2,4-6H2,1H3. The van der Waals surface area contributed by atoms with Crippen molar-refractivity contribution in [2.75, 3.05) is 7.11 Å². The Balaban J connectivity index is 2.03. The molecule has 2 rings (SSSR count). The van der Waals surface area contributed by atoms with Gasteiger partial charge in [-0.1, -0.05) is 6.07 Å². The van der Waals surface area contributed by atoms with Gasteiger partial charge in [0.15, 0.2) is 17.3 Å². The van der Waals surface area contributed by atoms with E-state index in [2.05, 4.69) is 0 Å². The number of hydrogen-bond donors (Lipinski definition) is 3. The third-order valence-electron chi connectivity index (χ3n) is 3.47. The zero-order valence-corrected chi connectivity index (χ0v) is 11.8. The van der Waals surface area contributed by atoms with Crippen LogP contribution in [0.25, 0.3) is 0 Å². The Morgan fingerprint density at radius 3 is 2.67 bits per heavy atom. The lowest BCUT2D eigenvalue weighted by Gasteiger charge is -2.13. The molecular weight excluding hydrogens is 272 g/mol. The number of carbonyl (C=O) groups excluding carboxylic acids is 1. The molecule has 112 valence electrons. The molecule has 0 aromatic heterocycles. The summed E-state index contributed by atoms with van der Waals surface area (Å²) in [5.74, 6) is 0.232.